The van der Waals surface area contributed by atoms with Crippen LogP contribution in [0.2, 0.25) is 0 Å². The van der Waals surface area contributed by atoms with Gasteiger partial charge in [0.15, 0.2) is 9.84 Å². The highest BCUT2D eigenvalue weighted by atomic mass is 32.2. The van der Waals surface area contributed by atoms with Gasteiger partial charge in [0.25, 0.3) is 5.91 Å². The second-order valence-electron chi connectivity index (χ2n) is 6.45. The molecule has 0 unspecified atom stereocenters. The lowest BCUT2D eigenvalue weighted by atomic mass is 10.1. The molecule has 27 heavy (non-hydrogen) atoms. The van der Waals surface area contributed by atoms with Crippen LogP contribution in [0.15, 0.2) is 71.9 Å². The lowest BCUT2D eigenvalue weighted by molar-refractivity contribution is 0.0939. The van der Waals surface area contributed by atoms with Gasteiger partial charge in [0.2, 0.25) is 0 Å². The summed E-state index contributed by atoms with van der Waals surface area (Å²) < 4.78 is 24.8. The number of nitrogens with zero attached hydrogens (tertiary/aromatic N) is 2. The van der Waals surface area contributed by atoms with Crippen molar-refractivity contribution in [3.63, 3.8) is 0 Å². The number of carbonyl (C=O) groups excluding carboxylic acids is 1. The summed E-state index contributed by atoms with van der Waals surface area (Å²) in [7, 11) is -3.23. The van der Waals surface area contributed by atoms with Crippen LogP contribution < -0.4 is 5.32 Å². The highest BCUT2D eigenvalue weighted by molar-refractivity contribution is 7.90. The molecule has 7 heteroatoms. The Morgan fingerprint density at radius 3 is 2.41 bits per heavy atom. The van der Waals surface area contributed by atoms with E-state index in [2.05, 4.69) is 10.4 Å². The number of nitrogens with one attached hydrogen (secondary N) is 1. The summed E-state index contributed by atoms with van der Waals surface area (Å²) in [6.07, 6.45) is 4.42. The second-order valence-corrected chi connectivity index (χ2v) is 8.46. The van der Waals surface area contributed by atoms with Crippen molar-refractivity contribution in [2.75, 3.05) is 6.26 Å². The monoisotopic (exact) mass is 383 g/mol. The lowest BCUT2D eigenvalue weighted by Gasteiger charge is -2.14. The molecule has 3 aromatic rings. The average Bonchev–Trinajstić information content (AvgIpc) is 3.10. The largest absolute Gasteiger partial charge is 0.345 e. The van der Waals surface area contributed by atoms with E-state index in [0.29, 0.717) is 12.1 Å². The average molecular weight is 383 g/mol. The van der Waals surface area contributed by atoms with Gasteiger partial charge in [0, 0.05) is 12.5 Å². The first kappa shape index (κ1) is 18.8. The van der Waals surface area contributed by atoms with Gasteiger partial charge in [-0.15, -0.1) is 0 Å². The Labute approximate surface area is 158 Å². The van der Waals surface area contributed by atoms with Gasteiger partial charge in [-0.1, -0.05) is 42.5 Å². The number of amides is 1. The fourth-order valence-electron chi connectivity index (χ4n) is 2.70. The molecule has 1 atom stereocenters. The Kier molecular flexibility index (Phi) is 5.41. The van der Waals surface area contributed by atoms with Crippen molar-refractivity contribution in [3.05, 3.63) is 83.7 Å². The summed E-state index contributed by atoms with van der Waals surface area (Å²) in [5, 5.41) is 7.15. The fraction of sp³-hybridized carbons (Fsp3) is 0.200. The minimum Gasteiger partial charge on any atom is -0.345 e. The molecule has 0 aliphatic heterocycles. The summed E-state index contributed by atoms with van der Waals surface area (Å²) in [5.74, 6) is -0.228. The van der Waals surface area contributed by atoms with Crippen LogP contribution in [0.5, 0.6) is 0 Å². The Balaban J connectivity index is 1.65. The molecule has 1 heterocycles. The first-order chi connectivity index (χ1) is 12.8. The van der Waals surface area contributed by atoms with E-state index < -0.39 is 9.84 Å². The quantitative estimate of drug-likeness (QED) is 0.710. The number of benzene rings is 2. The minimum atomic E-state index is -3.23. The third-order valence-corrected chi connectivity index (χ3v) is 5.37. The van der Waals surface area contributed by atoms with Crippen LogP contribution in [0.25, 0.3) is 0 Å². The van der Waals surface area contributed by atoms with Gasteiger partial charge >= 0.3 is 0 Å². The molecule has 1 aromatic heterocycles. The van der Waals surface area contributed by atoms with Crippen molar-refractivity contribution in [2.45, 2.75) is 24.4 Å². The Hall–Kier alpha value is -2.93. The molecule has 1 amide bonds. The smallest absolute Gasteiger partial charge is 0.254 e. The molecule has 6 nitrogen and oxygen atoms in total. The van der Waals surface area contributed by atoms with Crippen LogP contribution in [-0.4, -0.2) is 30.4 Å². The molecular weight excluding hydrogens is 362 g/mol. The van der Waals surface area contributed by atoms with Crippen molar-refractivity contribution in [2.24, 2.45) is 0 Å². The standard InChI is InChI=1S/C20H21N3O3S/c1-15(17-8-10-19(11-9-17)27(2,25)26)22-20(24)18-12-21-23(14-18)13-16-6-4-3-5-7-16/h3-12,14-15H,13H2,1-2H3,(H,22,24)/t15-/m1/s1. The third-order valence-electron chi connectivity index (χ3n) is 4.24. The van der Waals surface area contributed by atoms with E-state index in [1.165, 1.54) is 12.5 Å². The highest BCUT2D eigenvalue weighted by Crippen LogP contribution is 2.17. The number of carbonyl (C=O) groups is 1. The third kappa shape index (κ3) is 4.83. The van der Waals surface area contributed by atoms with Crippen LogP contribution >= 0.6 is 0 Å². The van der Waals surface area contributed by atoms with Crippen LogP contribution in [-0.2, 0) is 16.4 Å². The second kappa shape index (κ2) is 7.75. The Bertz CT molecular complexity index is 1030. The molecule has 0 saturated heterocycles. The van der Waals surface area contributed by atoms with E-state index in [-0.39, 0.29) is 16.8 Å². The number of sulfone groups is 1. The molecule has 0 aliphatic carbocycles. The van der Waals surface area contributed by atoms with Gasteiger partial charge in [0.05, 0.1) is 29.2 Å². The molecule has 0 bridgehead atoms. The van der Waals surface area contributed by atoms with Crippen LogP contribution in [0.3, 0.4) is 0 Å². The van der Waals surface area contributed by atoms with E-state index in [0.717, 1.165) is 11.1 Å². The van der Waals surface area contributed by atoms with E-state index in [1.807, 2.05) is 37.3 Å². The molecular formula is C20H21N3O3S. The summed E-state index contributed by atoms with van der Waals surface area (Å²) in [4.78, 5) is 12.7. The Morgan fingerprint density at radius 2 is 1.78 bits per heavy atom. The fourth-order valence-corrected chi connectivity index (χ4v) is 3.34. The molecule has 0 fully saturated rings. The first-order valence-electron chi connectivity index (χ1n) is 8.50. The lowest BCUT2D eigenvalue weighted by Crippen LogP contribution is -2.26. The Morgan fingerprint density at radius 1 is 1.11 bits per heavy atom. The molecule has 1 N–H and O–H groups in total. The van der Waals surface area contributed by atoms with E-state index >= 15 is 0 Å². The van der Waals surface area contributed by atoms with E-state index in [4.69, 9.17) is 0 Å². The van der Waals surface area contributed by atoms with Crippen LogP contribution in [0, 0.1) is 0 Å². The van der Waals surface area contributed by atoms with Crippen LogP contribution in [0.1, 0.15) is 34.5 Å². The first-order valence-corrected chi connectivity index (χ1v) is 10.4. The molecule has 0 aliphatic rings. The van der Waals surface area contributed by atoms with Gasteiger partial charge in [-0.3, -0.25) is 9.48 Å². The predicted molar refractivity (Wildman–Crippen MR) is 103 cm³/mol. The van der Waals surface area contributed by atoms with Crippen molar-refractivity contribution in [1.29, 1.82) is 0 Å². The van der Waals surface area contributed by atoms with Crippen molar-refractivity contribution in [3.8, 4) is 0 Å². The number of hydrogen-bond acceptors (Lipinski definition) is 4. The zero-order valence-electron chi connectivity index (χ0n) is 15.2. The van der Waals surface area contributed by atoms with Crippen molar-refractivity contribution >= 4 is 15.7 Å². The van der Waals surface area contributed by atoms with E-state index in [1.54, 1.807) is 35.1 Å². The summed E-state index contributed by atoms with van der Waals surface area (Å²) in [6, 6.07) is 16.1. The molecule has 0 radical (unpaired) electrons. The summed E-state index contributed by atoms with van der Waals surface area (Å²) in [6.45, 7) is 2.44. The maximum absolute atomic E-state index is 12.5. The molecule has 2 aromatic carbocycles. The number of hydrogen-bond donors (Lipinski definition) is 1. The van der Waals surface area contributed by atoms with Gasteiger partial charge in [-0.05, 0) is 30.2 Å². The number of rotatable bonds is 6. The van der Waals surface area contributed by atoms with E-state index in [9.17, 15) is 13.2 Å². The van der Waals surface area contributed by atoms with Crippen molar-refractivity contribution in [1.82, 2.24) is 15.1 Å². The number of aromatic nitrogens is 2. The maximum atomic E-state index is 12.5. The van der Waals surface area contributed by atoms with Crippen molar-refractivity contribution < 1.29 is 13.2 Å². The van der Waals surface area contributed by atoms with Gasteiger partial charge in [0.1, 0.15) is 0 Å². The maximum Gasteiger partial charge on any atom is 0.254 e. The zero-order chi connectivity index (χ0) is 19.4. The molecule has 140 valence electrons. The molecule has 0 saturated carbocycles. The normalized spacial score (nSPS) is 12.5. The van der Waals surface area contributed by atoms with Gasteiger partial charge in [-0.25, -0.2) is 8.42 Å². The highest BCUT2D eigenvalue weighted by Gasteiger charge is 2.14. The van der Waals surface area contributed by atoms with Crippen LogP contribution in [0.4, 0.5) is 0 Å². The SMILES string of the molecule is C[C@@H](NC(=O)c1cnn(Cc2ccccc2)c1)c1ccc(S(C)(=O)=O)cc1. The van der Waals surface area contributed by atoms with Gasteiger partial charge in [-0.2, -0.15) is 5.10 Å². The predicted octanol–water partition coefficient (Wildman–Crippen LogP) is 2.83. The van der Waals surface area contributed by atoms with Gasteiger partial charge < -0.3 is 5.32 Å². The topological polar surface area (TPSA) is 81.1 Å². The summed E-state index contributed by atoms with van der Waals surface area (Å²) >= 11 is 0. The zero-order valence-corrected chi connectivity index (χ0v) is 16.0. The molecule has 0 spiro atoms. The minimum absolute atomic E-state index is 0.228. The molecule has 3 rings (SSSR count). The summed E-state index contributed by atoms with van der Waals surface area (Å²) in [5.41, 5.74) is 2.41.